The van der Waals surface area contributed by atoms with E-state index in [0.29, 0.717) is 13.2 Å². The smallest absolute Gasteiger partial charge is 0.314 e. The van der Waals surface area contributed by atoms with Crippen LogP contribution in [0.2, 0.25) is 0 Å². The number of fused-ring (bicyclic) bond motifs is 5. The Hall–Kier alpha value is -0.810. The fraction of sp³-hybridized carbons (Fsp3) is 0.947. The highest BCUT2D eigenvalue weighted by Gasteiger charge is 2.49. The summed E-state index contributed by atoms with van der Waals surface area (Å²) in [5.74, 6) is 2.77. The zero-order valence-corrected chi connectivity index (χ0v) is 14.7. The molecule has 24 heavy (non-hydrogen) atoms. The molecule has 2 aliphatic heterocycles. The number of urea groups is 1. The van der Waals surface area contributed by atoms with Gasteiger partial charge in [0.1, 0.15) is 0 Å². The van der Waals surface area contributed by atoms with Crippen LogP contribution in [0.3, 0.4) is 0 Å². The number of aliphatic hydroxyl groups is 1. The average Bonchev–Trinajstić information content (AvgIpc) is 3.25. The summed E-state index contributed by atoms with van der Waals surface area (Å²) in [5.41, 5.74) is -0.205. The molecule has 5 heteroatoms. The summed E-state index contributed by atoms with van der Waals surface area (Å²) in [7, 11) is 0. The Morgan fingerprint density at radius 2 is 1.96 bits per heavy atom. The highest BCUT2D eigenvalue weighted by molar-refractivity contribution is 5.73. The van der Waals surface area contributed by atoms with Crippen molar-refractivity contribution in [3.63, 3.8) is 0 Å². The average molecular weight is 336 g/mol. The molecule has 0 radical (unpaired) electrons. The first kappa shape index (κ1) is 16.6. The maximum atomic E-state index is 12.1. The van der Waals surface area contributed by atoms with Crippen LogP contribution < -0.4 is 10.6 Å². The predicted octanol–water partition coefficient (Wildman–Crippen LogP) is 2.43. The van der Waals surface area contributed by atoms with E-state index < -0.39 is 0 Å². The molecule has 3 N–H and O–H groups in total. The maximum Gasteiger partial charge on any atom is 0.314 e. The van der Waals surface area contributed by atoms with Crippen molar-refractivity contribution in [1.82, 2.24) is 10.6 Å². The summed E-state index contributed by atoms with van der Waals surface area (Å²) in [4.78, 5) is 12.1. The van der Waals surface area contributed by atoms with Crippen molar-refractivity contribution < 1.29 is 14.6 Å². The molecule has 3 saturated carbocycles. The summed E-state index contributed by atoms with van der Waals surface area (Å²) in [6, 6.07) is -0.0305. The minimum atomic E-state index is -0.287. The van der Waals surface area contributed by atoms with E-state index in [1.165, 1.54) is 25.7 Å². The summed E-state index contributed by atoms with van der Waals surface area (Å²) >= 11 is 0. The molecule has 5 aliphatic rings. The van der Waals surface area contributed by atoms with Crippen LogP contribution in [-0.4, -0.2) is 43.0 Å². The molecule has 5 fully saturated rings. The van der Waals surface area contributed by atoms with Crippen LogP contribution >= 0.6 is 0 Å². The SMILES string of the molecule is O=C(NCCC1CC2CCC1C2)NCC12CCC(CO)(CC1)OC2. The van der Waals surface area contributed by atoms with Crippen molar-refractivity contribution >= 4 is 6.03 Å². The summed E-state index contributed by atoms with van der Waals surface area (Å²) in [6.45, 7) is 2.28. The number of carbonyl (C=O) groups excluding carboxylic acids is 1. The number of carbonyl (C=O) groups is 1. The zero-order valence-electron chi connectivity index (χ0n) is 14.7. The second-order valence-corrected chi connectivity index (χ2v) is 8.96. The van der Waals surface area contributed by atoms with Gasteiger partial charge in [0.2, 0.25) is 0 Å². The van der Waals surface area contributed by atoms with Gasteiger partial charge in [-0.25, -0.2) is 4.79 Å². The van der Waals surface area contributed by atoms with Gasteiger partial charge in [-0.05, 0) is 69.1 Å². The standard InChI is InChI=1S/C19H32N2O3/c22-12-19-6-4-18(5-7-19,13-24-19)11-21-17(23)20-8-3-16-10-14-1-2-15(16)9-14/h14-16,22H,1-13H2,(H2,20,21,23). The van der Waals surface area contributed by atoms with Gasteiger partial charge in [0.15, 0.2) is 0 Å². The second kappa shape index (κ2) is 6.49. The molecule has 4 bridgehead atoms. The van der Waals surface area contributed by atoms with Crippen LogP contribution in [-0.2, 0) is 4.74 Å². The second-order valence-electron chi connectivity index (χ2n) is 8.96. The fourth-order valence-electron chi connectivity index (χ4n) is 5.69. The first-order valence-electron chi connectivity index (χ1n) is 9.89. The van der Waals surface area contributed by atoms with Crippen molar-refractivity contribution in [3.05, 3.63) is 0 Å². The molecule has 2 amide bonds. The molecule has 0 aromatic carbocycles. The van der Waals surface area contributed by atoms with E-state index in [9.17, 15) is 9.90 Å². The Morgan fingerprint density at radius 1 is 1.12 bits per heavy atom. The highest BCUT2D eigenvalue weighted by Crippen LogP contribution is 2.49. The summed E-state index contributed by atoms with van der Waals surface area (Å²) < 4.78 is 5.90. The van der Waals surface area contributed by atoms with Gasteiger partial charge in [-0.3, -0.25) is 0 Å². The van der Waals surface area contributed by atoms with Crippen LogP contribution in [0.4, 0.5) is 4.79 Å². The quantitative estimate of drug-likeness (QED) is 0.698. The van der Waals surface area contributed by atoms with Crippen molar-refractivity contribution in [2.24, 2.45) is 23.2 Å². The number of amides is 2. The fourth-order valence-corrected chi connectivity index (χ4v) is 5.69. The maximum absolute atomic E-state index is 12.1. The highest BCUT2D eigenvalue weighted by atomic mass is 16.5. The van der Waals surface area contributed by atoms with Gasteiger partial charge in [-0.2, -0.15) is 0 Å². The Balaban J connectivity index is 1.15. The van der Waals surface area contributed by atoms with Gasteiger partial charge in [0, 0.05) is 18.5 Å². The van der Waals surface area contributed by atoms with Crippen LogP contribution in [0, 0.1) is 23.2 Å². The molecule has 136 valence electrons. The van der Waals surface area contributed by atoms with E-state index in [-0.39, 0.29) is 23.7 Å². The number of aliphatic hydroxyl groups excluding tert-OH is 1. The molecular formula is C19H32N2O3. The molecule has 2 heterocycles. The van der Waals surface area contributed by atoms with Crippen molar-refractivity contribution in [2.75, 3.05) is 26.3 Å². The number of ether oxygens (including phenoxy) is 1. The zero-order chi connectivity index (χ0) is 16.6. The van der Waals surface area contributed by atoms with Gasteiger partial charge < -0.3 is 20.5 Å². The first-order valence-corrected chi connectivity index (χ1v) is 9.89. The van der Waals surface area contributed by atoms with Gasteiger partial charge in [-0.15, -0.1) is 0 Å². The van der Waals surface area contributed by atoms with Crippen LogP contribution in [0.15, 0.2) is 0 Å². The predicted molar refractivity (Wildman–Crippen MR) is 91.6 cm³/mol. The van der Waals surface area contributed by atoms with Crippen molar-refractivity contribution in [1.29, 1.82) is 0 Å². The van der Waals surface area contributed by atoms with Gasteiger partial charge >= 0.3 is 6.03 Å². The van der Waals surface area contributed by atoms with Gasteiger partial charge in [0.25, 0.3) is 0 Å². The third-order valence-corrected chi connectivity index (χ3v) is 7.50. The Bertz CT molecular complexity index is 457. The topological polar surface area (TPSA) is 70.6 Å². The minimum Gasteiger partial charge on any atom is -0.393 e. The lowest BCUT2D eigenvalue weighted by Crippen LogP contribution is -2.57. The largest absolute Gasteiger partial charge is 0.393 e. The van der Waals surface area contributed by atoms with E-state index in [4.69, 9.17) is 4.74 Å². The number of hydrogen-bond acceptors (Lipinski definition) is 3. The molecule has 3 unspecified atom stereocenters. The van der Waals surface area contributed by atoms with E-state index in [1.54, 1.807) is 0 Å². The van der Waals surface area contributed by atoms with Crippen molar-refractivity contribution in [3.8, 4) is 0 Å². The van der Waals surface area contributed by atoms with Crippen LogP contribution in [0.5, 0.6) is 0 Å². The van der Waals surface area contributed by atoms with Gasteiger partial charge in [0.05, 0.1) is 18.8 Å². The summed E-state index contributed by atoms with van der Waals surface area (Å²) in [5, 5.41) is 15.6. The van der Waals surface area contributed by atoms with E-state index in [2.05, 4.69) is 10.6 Å². The lowest BCUT2D eigenvalue weighted by Gasteiger charge is -2.52. The van der Waals surface area contributed by atoms with E-state index in [1.807, 2.05) is 0 Å². The lowest BCUT2D eigenvalue weighted by molar-refractivity contribution is -0.197. The molecule has 3 atom stereocenters. The Kier molecular flexibility index (Phi) is 4.50. The molecular weight excluding hydrogens is 304 g/mol. The van der Waals surface area contributed by atoms with E-state index in [0.717, 1.165) is 56.4 Å². The number of nitrogens with one attached hydrogen (secondary N) is 2. The minimum absolute atomic E-state index is 0.0305. The molecule has 0 aromatic rings. The summed E-state index contributed by atoms with van der Waals surface area (Å²) in [6.07, 6.45) is 10.7. The van der Waals surface area contributed by atoms with Crippen LogP contribution in [0.25, 0.3) is 0 Å². The first-order chi connectivity index (χ1) is 11.6. The third kappa shape index (κ3) is 3.17. The van der Waals surface area contributed by atoms with Crippen LogP contribution in [0.1, 0.15) is 57.8 Å². The third-order valence-electron chi connectivity index (χ3n) is 7.50. The van der Waals surface area contributed by atoms with E-state index >= 15 is 0 Å². The van der Waals surface area contributed by atoms with Gasteiger partial charge in [-0.1, -0.05) is 6.42 Å². The lowest BCUT2D eigenvalue weighted by atomic mass is 9.66. The number of hydrogen-bond donors (Lipinski definition) is 3. The normalized spacial score (nSPS) is 43.1. The molecule has 0 spiro atoms. The molecule has 2 saturated heterocycles. The van der Waals surface area contributed by atoms with Crippen molar-refractivity contribution in [2.45, 2.75) is 63.4 Å². The Labute approximate surface area is 144 Å². The number of rotatable bonds is 6. The molecule has 5 rings (SSSR count). The molecule has 5 nitrogen and oxygen atoms in total. The monoisotopic (exact) mass is 336 g/mol. The molecule has 0 aromatic heterocycles. The molecule has 3 aliphatic carbocycles. The Morgan fingerprint density at radius 3 is 2.54 bits per heavy atom.